The number of likely N-dealkylation sites (N-methyl/N-ethyl adjacent to an activating group) is 1. The van der Waals surface area contributed by atoms with Crippen molar-refractivity contribution >= 4 is 28.6 Å². The molecular formula is C13H19N3S. The number of benzene rings is 1. The summed E-state index contributed by atoms with van der Waals surface area (Å²) in [6.07, 6.45) is 0.771. The molecule has 4 heteroatoms. The molecule has 0 bridgehead atoms. The van der Waals surface area contributed by atoms with Crippen molar-refractivity contribution in [3.8, 4) is 0 Å². The summed E-state index contributed by atoms with van der Waals surface area (Å²) in [7, 11) is 2.13. The van der Waals surface area contributed by atoms with Crippen LogP contribution >= 0.6 is 12.2 Å². The monoisotopic (exact) mass is 249 g/mol. The van der Waals surface area contributed by atoms with E-state index in [1.54, 1.807) is 0 Å². The summed E-state index contributed by atoms with van der Waals surface area (Å²) >= 11 is 5.00. The van der Waals surface area contributed by atoms with E-state index in [1.165, 1.54) is 11.4 Å². The first-order valence-corrected chi connectivity index (χ1v) is 6.35. The minimum absolute atomic E-state index is 0.363. The standard InChI is InChI=1S/C13H19N3S/c1-10(9-13(14)17)16-8-7-15(2)11-5-3-4-6-12(11)16/h3-6,10H,7-9H2,1-2H3,(H2,14,17). The summed E-state index contributed by atoms with van der Waals surface area (Å²) in [6.45, 7) is 4.25. The Morgan fingerprint density at radius 2 is 2.00 bits per heavy atom. The Morgan fingerprint density at radius 3 is 2.65 bits per heavy atom. The summed E-state index contributed by atoms with van der Waals surface area (Å²) in [5, 5.41) is 0. The fourth-order valence-electron chi connectivity index (χ4n) is 2.39. The molecule has 0 spiro atoms. The molecule has 2 rings (SSSR count). The van der Waals surface area contributed by atoms with Crippen molar-refractivity contribution in [2.45, 2.75) is 19.4 Å². The van der Waals surface area contributed by atoms with Crippen LogP contribution in [0.25, 0.3) is 0 Å². The molecule has 1 aromatic carbocycles. The molecule has 1 atom stereocenters. The minimum Gasteiger partial charge on any atom is -0.393 e. The van der Waals surface area contributed by atoms with Crippen LogP contribution < -0.4 is 15.5 Å². The third-order valence-corrected chi connectivity index (χ3v) is 3.47. The second kappa shape index (κ2) is 4.92. The van der Waals surface area contributed by atoms with Crippen LogP contribution in [0, 0.1) is 0 Å². The van der Waals surface area contributed by atoms with Gasteiger partial charge < -0.3 is 15.5 Å². The Morgan fingerprint density at radius 1 is 1.35 bits per heavy atom. The largest absolute Gasteiger partial charge is 0.393 e. The van der Waals surface area contributed by atoms with Gasteiger partial charge in [-0.25, -0.2) is 0 Å². The summed E-state index contributed by atoms with van der Waals surface area (Å²) < 4.78 is 0. The van der Waals surface area contributed by atoms with E-state index in [0.29, 0.717) is 11.0 Å². The zero-order valence-electron chi connectivity index (χ0n) is 10.4. The summed E-state index contributed by atoms with van der Waals surface area (Å²) in [5.41, 5.74) is 8.21. The summed E-state index contributed by atoms with van der Waals surface area (Å²) in [5.74, 6) is 0. The van der Waals surface area contributed by atoms with Crippen molar-refractivity contribution in [2.75, 3.05) is 29.9 Å². The third kappa shape index (κ3) is 2.52. The molecule has 2 N–H and O–H groups in total. The van der Waals surface area contributed by atoms with Gasteiger partial charge in [-0.3, -0.25) is 0 Å². The van der Waals surface area contributed by atoms with Gasteiger partial charge in [0.25, 0.3) is 0 Å². The van der Waals surface area contributed by atoms with E-state index in [-0.39, 0.29) is 0 Å². The predicted molar refractivity (Wildman–Crippen MR) is 77.9 cm³/mol. The van der Waals surface area contributed by atoms with Crippen LogP contribution in [0.5, 0.6) is 0 Å². The molecule has 92 valence electrons. The lowest BCUT2D eigenvalue weighted by atomic mass is 10.1. The van der Waals surface area contributed by atoms with Crippen molar-refractivity contribution in [3.05, 3.63) is 24.3 Å². The van der Waals surface area contributed by atoms with Crippen LogP contribution in [0.3, 0.4) is 0 Å². The second-order valence-corrected chi connectivity index (χ2v) is 5.15. The van der Waals surface area contributed by atoms with Crippen LogP contribution in [0.2, 0.25) is 0 Å². The number of para-hydroxylation sites is 2. The molecule has 1 aromatic rings. The van der Waals surface area contributed by atoms with Gasteiger partial charge in [-0.15, -0.1) is 0 Å². The van der Waals surface area contributed by atoms with Gasteiger partial charge in [-0.2, -0.15) is 0 Å². The van der Waals surface area contributed by atoms with E-state index in [9.17, 15) is 0 Å². The van der Waals surface area contributed by atoms with Crippen molar-refractivity contribution in [2.24, 2.45) is 5.73 Å². The first kappa shape index (κ1) is 12.2. The molecule has 1 heterocycles. The number of nitrogens with zero attached hydrogens (tertiary/aromatic N) is 2. The van der Waals surface area contributed by atoms with E-state index >= 15 is 0 Å². The maximum Gasteiger partial charge on any atom is 0.0747 e. The Bertz CT molecular complexity index is 419. The number of anilines is 2. The van der Waals surface area contributed by atoms with Gasteiger partial charge in [-0.1, -0.05) is 24.4 Å². The zero-order valence-corrected chi connectivity index (χ0v) is 11.2. The van der Waals surface area contributed by atoms with Gasteiger partial charge in [0.1, 0.15) is 0 Å². The van der Waals surface area contributed by atoms with E-state index in [1.807, 2.05) is 0 Å². The third-order valence-electron chi connectivity index (χ3n) is 3.31. The van der Waals surface area contributed by atoms with Gasteiger partial charge >= 0.3 is 0 Å². The molecular weight excluding hydrogens is 230 g/mol. The lowest BCUT2D eigenvalue weighted by Gasteiger charge is -2.40. The minimum atomic E-state index is 0.363. The van der Waals surface area contributed by atoms with Gasteiger partial charge in [0, 0.05) is 32.6 Å². The van der Waals surface area contributed by atoms with Gasteiger partial charge in [-0.05, 0) is 19.1 Å². The Kier molecular flexibility index (Phi) is 3.52. The molecule has 17 heavy (non-hydrogen) atoms. The van der Waals surface area contributed by atoms with Gasteiger partial charge in [0.05, 0.1) is 16.4 Å². The lowest BCUT2D eigenvalue weighted by molar-refractivity contribution is 0.632. The highest BCUT2D eigenvalue weighted by Gasteiger charge is 2.23. The molecule has 1 unspecified atom stereocenters. The number of hydrogen-bond donors (Lipinski definition) is 1. The van der Waals surface area contributed by atoms with Crippen LogP contribution in [-0.2, 0) is 0 Å². The van der Waals surface area contributed by atoms with Crippen molar-refractivity contribution in [3.63, 3.8) is 0 Å². The predicted octanol–water partition coefficient (Wildman–Crippen LogP) is 2.01. The van der Waals surface area contributed by atoms with Crippen molar-refractivity contribution in [1.82, 2.24) is 0 Å². The van der Waals surface area contributed by atoms with Crippen LogP contribution in [0.1, 0.15) is 13.3 Å². The molecule has 0 radical (unpaired) electrons. The van der Waals surface area contributed by atoms with Crippen molar-refractivity contribution in [1.29, 1.82) is 0 Å². The number of hydrogen-bond acceptors (Lipinski definition) is 3. The Labute approximate surface area is 108 Å². The summed E-state index contributed by atoms with van der Waals surface area (Å²) in [4.78, 5) is 5.28. The molecule has 1 aliphatic heterocycles. The lowest BCUT2D eigenvalue weighted by Crippen LogP contribution is -2.44. The topological polar surface area (TPSA) is 32.5 Å². The molecule has 0 fully saturated rings. The van der Waals surface area contributed by atoms with E-state index in [4.69, 9.17) is 18.0 Å². The van der Waals surface area contributed by atoms with E-state index in [2.05, 4.69) is 48.0 Å². The number of thiocarbonyl (C=S) groups is 1. The fourth-order valence-corrected chi connectivity index (χ4v) is 2.63. The number of fused-ring (bicyclic) bond motifs is 1. The maximum atomic E-state index is 5.64. The molecule has 0 amide bonds. The average Bonchev–Trinajstić information content (AvgIpc) is 2.29. The highest BCUT2D eigenvalue weighted by molar-refractivity contribution is 7.80. The maximum absolute atomic E-state index is 5.64. The highest BCUT2D eigenvalue weighted by Crippen LogP contribution is 2.33. The van der Waals surface area contributed by atoms with Crippen molar-refractivity contribution < 1.29 is 0 Å². The molecule has 0 aromatic heterocycles. The molecule has 0 saturated carbocycles. The van der Waals surface area contributed by atoms with Crippen LogP contribution in [-0.4, -0.2) is 31.2 Å². The first-order chi connectivity index (χ1) is 8.09. The summed E-state index contributed by atoms with van der Waals surface area (Å²) in [6, 6.07) is 8.85. The van der Waals surface area contributed by atoms with E-state index < -0.39 is 0 Å². The van der Waals surface area contributed by atoms with E-state index in [0.717, 1.165) is 19.5 Å². The second-order valence-electron chi connectivity index (χ2n) is 4.62. The Balaban J connectivity index is 2.26. The van der Waals surface area contributed by atoms with Crippen LogP contribution in [0.15, 0.2) is 24.3 Å². The molecule has 3 nitrogen and oxygen atoms in total. The zero-order chi connectivity index (χ0) is 12.4. The van der Waals surface area contributed by atoms with Gasteiger partial charge in [0.15, 0.2) is 0 Å². The van der Waals surface area contributed by atoms with Gasteiger partial charge in [0.2, 0.25) is 0 Å². The number of nitrogens with two attached hydrogens (primary N) is 1. The molecule has 0 saturated heterocycles. The SMILES string of the molecule is CC(CC(N)=S)N1CCN(C)c2ccccc21. The highest BCUT2D eigenvalue weighted by atomic mass is 32.1. The smallest absolute Gasteiger partial charge is 0.0747 e. The quantitative estimate of drug-likeness (QED) is 0.831. The average molecular weight is 249 g/mol. The molecule has 0 aliphatic carbocycles. The number of rotatable bonds is 3. The molecule has 1 aliphatic rings. The first-order valence-electron chi connectivity index (χ1n) is 5.94. The van der Waals surface area contributed by atoms with Crippen LogP contribution in [0.4, 0.5) is 11.4 Å². The fraction of sp³-hybridized carbons (Fsp3) is 0.462. The Hall–Kier alpha value is -1.29. The normalized spacial score (nSPS) is 16.6.